The number of fused-ring (bicyclic) bond motifs is 2. The largest absolute Gasteiger partial charge is 0.364 e. The van der Waals surface area contributed by atoms with Crippen LogP contribution in [0.15, 0.2) is 27.4 Å². The van der Waals surface area contributed by atoms with Gasteiger partial charge in [-0.3, -0.25) is 9.20 Å². The van der Waals surface area contributed by atoms with Crippen LogP contribution >= 0.6 is 0 Å². The molecular formula is C19H21F2N5O2. The zero-order chi connectivity index (χ0) is 19.9. The van der Waals surface area contributed by atoms with Gasteiger partial charge in [0.15, 0.2) is 5.82 Å². The summed E-state index contributed by atoms with van der Waals surface area (Å²) < 4.78 is 30.6. The van der Waals surface area contributed by atoms with Crippen LogP contribution in [0.2, 0.25) is 0 Å². The summed E-state index contributed by atoms with van der Waals surface area (Å²) >= 11 is 0. The SMILES string of the molecule is Cc1c(N2CC3=CC(F)C(N)C3C2)c(F)cn2c(=O)n(N)c(=O)c(C3CC3)c12. The van der Waals surface area contributed by atoms with Crippen molar-refractivity contribution in [3.05, 3.63) is 55.6 Å². The van der Waals surface area contributed by atoms with E-state index in [0.717, 1.165) is 29.0 Å². The van der Waals surface area contributed by atoms with Crippen LogP contribution in [0.4, 0.5) is 14.5 Å². The Bertz CT molecular complexity index is 1160. The first kappa shape index (κ1) is 17.4. The molecule has 4 N–H and O–H groups in total. The molecule has 0 spiro atoms. The molecule has 1 aliphatic heterocycles. The molecule has 2 aromatic heterocycles. The zero-order valence-corrected chi connectivity index (χ0v) is 15.4. The monoisotopic (exact) mass is 389 g/mol. The van der Waals surface area contributed by atoms with Crippen LogP contribution in [0.1, 0.15) is 29.9 Å². The molecular weight excluding hydrogens is 368 g/mol. The van der Waals surface area contributed by atoms with Gasteiger partial charge in [-0.15, -0.1) is 0 Å². The zero-order valence-electron chi connectivity index (χ0n) is 15.4. The predicted octanol–water partition coefficient (Wildman–Crippen LogP) is 0.542. The van der Waals surface area contributed by atoms with Crippen molar-refractivity contribution < 1.29 is 8.78 Å². The number of nitrogens with two attached hydrogens (primary N) is 2. The minimum absolute atomic E-state index is 0.0243. The van der Waals surface area contributed by atoms with Crippen molar-refractivity contribution in [2.24, 2.45) is 11.7 Å². The molecule has 1 saturated heterocycles. The van der Waals surface area contributed by atoms with E-state index in [0.29, 0.717) is 40.1 Å². The molecule has 2 fully saturated rings. The van der Waals surface area contributed by atoms with E-state index in [9.17, 15) is 14.0 Å². The van der Waals surface area contributed by atoms with Crippen LogP contribution in [0.3, 0.4) is 0 Å². The van der Waals surface area contributed by atoms with Crippen molar-refractivity contribution >= 4 is 11.2 Å². The Kier molecular flexibility index (Phi) is 3.52. The predicted molar refractivity (Wildman–Crippen MR) is 101 cm³/mol. The molecule has 1 saturated carbocycles. The maximum Gasteiger partial charge on any atom is 0.354 e. The van der Waals surface area contributed by atoms with Gasteiger partial charge >= 0.3 is 5.69 Å². The molecule has 3 atom stereocenters. The normalized spacial score (nSPS) is 26.8. The van der Waals surface area contributed by atoms with Crippen molar-refractivity contribution in [2.75, 3.05) is 23.8 Å². The second kappa shape index (κ2) is 5.66. The lowest BCUT2D eigenvalue weighted by Gasteiger charge is -2.25. The average Bonchev–Trinajstić information content (AvgIpc) is 3.35. The molecule has 5 rings (SSSR count). The van der Waals surface area contributed by atoms with Gasteiger partial charge in [0.2, 0.25) is 0 Å². The summed E-state index contributed by atoms with van der Waals surface area (Å²) in [5, 5.41) is 0. The second-order valence-corrected chi connectivity index (χ2v) is 8.07. The summed E-state index contributed by atoms with van der Waals surface area (Å²) in [5.41, 5.74) is 7.24. The number of hydrogen-bond donors (Lipinski definition) is 2. The molecule has 2 aliphatic carbocycles. The summed E-state index contributed by atoms with van der Waals surface area (Å²) in [6, 6.07) is -0.627. The third kappa shape index (κ3) is 2.22. The summed E-state index contributed by atoms with van der Waals surface area (Å²) in [4.78, 5) is 26.9. The van der Waals surface area contributed by atoms with E-state index in [1.807, 2.05) is 4.90 Å². The fourth-order valence-electron chi connectivity index (χ4n) is 4.77. The molecule has 0 bridgehead atoms. The van der Waals surface area contributed by atoms with Crippen LogP contribution in [-0.4, -0.2) is 34.4 Å². The van der Waals surface area contributed by atoms with Gasteiger partial charge in [-0.05, 0) is 37.3 Å². The van der Waals surface area contributed by atoms with Crippen molar-refractivity contribution in [2.45, 2.75) is 37.9 Å². The van der Waals surface area contributed by atoms with Gasteiger partial charge in [-0.2, -0.15) is 4.68 Å². The van der Waals surface area contributed by atoms with E-state index in [-0.39, 0.29) is 11.8 Å². The molecule has 3 aliphatic rings. The number of aromatic nitrogens is 2. The van der Waals surface area contributed by atoms with Gasteiger partial charge < -0.3 is 16.5 Å². The number of alkyl halides is 1. The van der Waals surface area contributed by atoms with Crippen molar-refractivity contribution in [3.8, 4) is 0 Å². The van der Waals surface area contributed by atoms with Gasteiger partial charge in [0.25, 0.3) is 5.56 Å². The van der Waals surface area contributed by atoms with E-state index in [1.54, 1.807) is 6.92 Å². The fraction of sp³-hybridized carbons (Fsp3) is 0.474. The van der Waals surface area contributed by atoms with E-state index in [1.165, 1.54) is 6.08 Å². The Morgan fingerprint density at radius 3 is 2.61 bits per heavy atom. The smallest absolute Gasteiger partial charge is 0.354 e. The van der Waals surface area contributed by atoms with Crippen molar-refractivity contribution in [3.63, 3.8) is 0 Å². The first-order valence-electron chi connectivity index (χ1n) is 9.40. The summed E-state index contributed by atoms with van der Waals surface area (Å²) in [5.74, 6) is 4.93. The number of pyridine rings is 1. The maximum absolute atomic E-state index is 15.1. The van der Waals surface area contributed by atoms with Crippen molar-refractivity contribution in [1.82, 2.24) is 9.08 Å². The third-order valence-corrected chi connectivity index (χ3v) is 6.31. The Balaban J connectivity index is 1.73. The highest BCUT2D eigenvalue weighted by molar-refractivity contribution is 5.73. The molecule has 0 aromatic carbocycles. The van der Waals surface area contributed by atoms with Crippen LogP contribution in [-0.2, 0) is 0 Å². The Hall–Kier alpha value is -2.68. The van der Waals surface area contributed by atoms with Crippen LogP contribution in [0, 0.1) is 18.7 Å². The van der Waals surface area contributed by atoms with Gasteiger partial charge in [0, 0.05) is 36.2 Å². The number of nitrogens with zero attached hydrogens (tertiary/aromatic N) is 3. The van der Waals surface area contributed by atoms with E-state index >= 15 is 4.39 Å². The number of aryl methyl sites for hydroxylation is 1. The number of halogens is 2. The molecule has 148 valence electrons. The van der Waals surface area contributed by atoms with E-state index in [2.05, 4.69) is 0 Å². The Morgan fingerprint density at radius 1 is 1.25 bits per heavy atom. The Labute approximate surface area is 158 Å². The topological polar surface area (TPSA) is 98.8 Å². The minimum Gasteiger partial charge on any atom is -0.364 e. The second-order valence-electron chi connectivity index (χ2n) is 8.07. The molecule has 3 heterocycles. The molecule has 3 unspecified atom stereocenters. The lowest BCUT2D eigenvalue weighted by molar-refractivity contribution is 0.323. The van der Waals surface area contributed by atoms with E-state index in [4.69, 9.17) is 11.6 Å². The van der Waals surface area contributed by atoms with Crippen LogP contribution in [0.25, 0.3) is 5.52 Å². The van der Waals surface area contributed by atoms with Gasteiger partial charge in [0.1, 0.15) is 6.17 Å². The quantitative estimate of drug-likeness (QED) is 0.577. The summed E-state index contributed by atoms with van der Waals surface area (Å²) in [6.07, 6.45) is 3.11. The lowest BCUT2D eigenvalue weighted by Crippen LogP contribution is -2.44. The van der Waals surface area contributed by atoms with Gasteiger partial charge in [0.05, 0.1) is 17.4 Å². The summed E-state index contributed by atoms with van der Waals surface area (Å²) in [7, 11) is 0. The number of anilines is 1. The highest BCUT2D eigenvalue weighted by atomic mass is 19.1. The van der Waals surface area contributed by atoms with Crippen molar-refractivity contribution in [1.29, 1.82) is 0 Å². The molecule has 7 nitrogen and oxygen atoms in total. The molecule has 28 heavy (non-hydrogen) atoms. The molecule has 2 aromatic rings. The standard InChI is InChI=1S/C19H21F2N5O2/c1-8-16(24-5-10-4-12(20)15(22)11(10)6-24)13(21)7-25-17(8)14(9-2-3-9)18(27)26(23)19(25)28/h4,7,9,11-12,15H,2-3,5-6,22-23H2,1H3. The average molecular weight is 389 g/mol. The van der Waals surface area contributed by atoms with Crippen LogP contribution in [0.5, 0.6) is 0 Å². The number of rotatable bonds is 2. The number of hydrogen-bond acceptors (Lipinski definition) is 5. The molecule has 0 radical (unpaired) electrons. The first-order valence-corrected chi connectivity index (χ1v) is 9.40. The molecule has 9 heteroatoms. The number of nitrogen functional groups attached to an aromatic ring is 1. The first-order chi connectivity index (χ1) is 13.3. The van der Waals surface area contributed by atoms with Crippen LogP contribution < -0.4 is 27.7 Å². The fourth-order valence-corrected chi connectivity index (χ4v) is 4.77. The highest BCUT2D eigenvalue weighted by Crippen LogP contribution is 2.43. The maximum atomic E-state index is 15.1. The van der Waals surface area contributed by atoms with E-state index < -0.39 is 29.3 Å². The highest BCUT2D eigenvalue weighted by Gasteiger charge is 2.42. The molecule has 0 amide bonds. The summed E-state index contributed by atoms with van der Waals surface area (Å²) in [6.45, 7) is 2.49. The van der Waals surface area contributed by atoms with Gasteiger partial charge in [-0.25, -0.2) is 13.6 Å². The Morgan fingerprint density at radius 2 is 1.96 bits per heavy atom. The minimum atomic E-state index is -1.17. The third-order valence-electron chi connectivity index (χ3n) is 6.31. The lowest BCUT2D eigenvalue weighted by atomic mass is 10.0. The van der Waals surface area contributed by atoms with Gasteiger partial charge in [-0.1, -0.05) is 0 Å².